The SMILES string of the molecule is Cn1cc([C@H]2CNC[C@@H]2C(=O)Nc2n[nH]c(C(F)(F)F)n2)cn1. The maximum Gasteiger partial charge on any atom is 0.451 e. The Labute approximate surface area is 128 Å². The second-order valence-electron chi connectivity index (χ2n) is 5.31. The van der Waals surface area contributed by atoms with Gasteiger partial charge in [-0.25, -0.2) is 0 Å². The summed E-state index contributed by atoms with van der Waals surface area (Å²) in [7, 11) is 1.77. The fourth-order valence-electron chi connectivity index (χ4n) is 2.58. The Kier molecular flexibility index (Phi) is 3.80. The Morgan fingerprint density at radius 2 is 2.22 bits per heavy atom. The van der Waals surface area contributed by atoms with Gasteiger partial charge in [-0.15, -0.1) is 5.10 Å². The number of carbonyl (C=O) groups excluding carboxylic acids is 1. The van der Waals surface area contributed by atoms with Gasteiger partial charge in [0.25, 0.3) is 0 Å². The molecular weight excluding hydrogens is 315 g/mol. The molecular formula is C12H14F3N7O. The Bertz CT molecular complexity index is 708. The van der Waals surface area contributed by atoms with Crippen molar-refractivity contribution in [3.63, 3.8) is 0 Å². The summed E-state index contributed by atoms with van der Waals surface area (Å²) in [6.45, 7) is 1.01. The zero-order chi connectivity index (χ0) is 16.6. The summed E-state index contributed by atoms with van der Waals surface area (Å²) in [5.41, 5.74) is 0.892. The predicted molar refractivity (Wildman–Crippen MR) is 72.3 cm³/mol. The number of alkyl halides is 3. The number of aromatic nitrogens is 5. The average molecular weight is 329 g/mol. The molecule has 3 rings (SSSR count). The largest absolute Gasteiger partial charge is 0.451 e. The monoisotopic (exact) mass is 329 g/mol. The number of aromatic amines is 1. The van der Waals surface area contributed by atoms with Crippen molar-refractivity contribution in [2.24, 2.45) is 13.0 Å². The highest BCUT2D eigenvalue weighted by Crippen LogP contribution is 2.29. The van der Waals surface area contributed by atoms with Gasteiger partial charge in [-0.1, -0.05) is 0 Å². The fourth-order valence-corrected chi connectivity index (χ4v) is 2.58. The van der Waals surface area contributed by atoms with Crippen LogP contribution >= 0.6 is 0 Å². The smallest absolute Gasteiger partial charge is 0.315 e. The Balaban J connectivity index is 1.71. The van der Waals surface area contributed by atoms with E-state index >= 15 is 0 Å². The van der Waals surface area contributed by atoms with Gasteiger partial charge in [0.15, 0.2) is 0 Å². The first-order chi connectivity index (χ1) is 10.8. The lowest BCUT2D eigenvalue weighted by atomic mass is 9.90. The van der Waals surface area contributed by atoms with Crippen LogP contribution in [0.15, 0.2) is 12.4 Å². The lowest BCUT2D eigenvalue weighted by molar-refractivity contribution is -0.144. The average Bonchev–Trinajstić information content (AvgIpc) is 3.15. The van der Waals surface area contributed by atoms with E-state index in [0.717, 1.165) is 5.56 Å². The van der Waals surface area contributed by atoms with Gasteiger partial charge in [0.2, 0.25) is 17.7 Å². The Morgan fingerprint density at radius 3 is 2.83 bits per heavy atom. The van der Waals surface area contributed by atoms with Crippen LogP contribution in [0.1, 0.15) is 17.3 Å². The summed E-state index contributed by atoms with van der Waals surface area (Å²) in [5, 5.41) is 14.6. The molecule has 1 saturated heterocycles. The number of aryl methyl sites for hydroxylation is 1. The minimum Gasteiger partial charge on any atom is -0.315 e. The predicted octanol–water partition coefficient (Wildman–Crippen LogP) is 0.499. The van der Waals surface area contributed by atoms with Crippen LogP contribution in [0, 0.1) is 5.92 Å². The molecule has 8 nitrogen and oxygen atoms in total. The van der Waals surface area contributed by atoms with Crippen molar-refractivity contribution in [2.45, 2.75) is 12.1 Å². The lowest BCUT2D eigenvalue weighted by Gasteiger charge is -2.15. The van der Waals surface area contributed by atoms with Crippen LogP contribution in [0.3, 0.4) is 0 Å². The molecule has 0 aromatic carbocycles. The molecule has 2 aromatic heterocycles. The van der Waals surface area contributed by atoms with Crippen molar-refractivity contribution in [1.29, 1.82) is 0 Å². The van der Waals surface area contributed by atoms with Crippen LogP contribution in [0.2, 0.25) is 0 Å². The maximum atomic E-state index is 12.5. The number of carbonyl (C=O) groups is 1. The van der Waals surface area contributed by atoms with Crippen LogP contribution < -0.4 is 10.6 Å². The maximum absolute atomic E-state index is 12.5. The molecule has 0 bridgehead atoms. The number of rotatable bonds is 3. The van der Waals surface area contributed by atoms with Crippen molar-refractivity contribution in [2.75, 3.05) is 18.4 Å². The number of nitrogens with one attached hydrogen (secondary N) is 3. The molecule has 0 aliphatic carbocycles. The molecule has 3 N–H and O–H groups in total. The zero-order valence-corrected chi connectivity index (χ0v) is 12.1. The highest BCUT2D eigenvalue weighted by Gasteiger charge is 2.37. The lowest BCUT2D eigenvalue weighted by Crippen LogP contribution is -2.28. The quantitative estimate of drug-likeness (QED) is 0.761. The van der Waals surface area contributed by atoms with Crippen molar-refractivity contribution in [3.8, 4) is 0 Å². The molecule has 1 fully saturated rings. The van der Waals surface area contributed by atoms with Crippen molar-refractivity contribution < 1.29 is 18.0 Å². The highest BCUT2D eigenvalue weighted by atomic mass is 19.4. The van der Waals surface area contributed by atoms with Crippen LogP contribution in [-0.4, -0.2) is 44.0 Å². The third-order valence-corrected chi connectivity index (χ3v) is 3.69. The van der Waals surface area contributed by atoms with E-state index in [1.165, 1.54) is 0 Å². The standard InChI is InChI=1S/C12H14F3N7O/c1-22-5-6(2-17-22)7-3-16-4-8(7)9(23)18-11-19-10(20-21-11)12(13,14)15/h2,5,7-8,16H,3-4H2,1H3,(H2,18,19,20,21,23)/t7-,8+/m1/s1. The number of H-pyrrole nitrogens is 1. The number of nitrogens with zero attached hydrogens (tertiary/aromatic N) is 4. The van der Waals surface area contributed by atoms with Gasteiger partial charge in [-0.2, -0.15) is 23.3 Å². The zero-order valence-electron chi connectivity index (χ0n) is 12.1. The van der Waals surface area contributed by atoms with Crippen molar-refractivity contribution >= 4 is 11.9 Å². The van der Waals surface area contributed by atoms with Crippen molar-refractivity contribution in [3.05, 3.63) is 23.8 Å². The van der Waals surface area contributed by atoms with E-state index in [4.69, 9.17) is 0 Å². The van der Waals surface area contributed by atoms with Gasteiger partial charge in [0, 0.05) is 32.3 Å². The van der Waals surface area contributed by atoms with Gasteiger partial charge in [0.05, 0.1) is 12.1 Å². The van der Waals surface area contributed by atoms with E-state index in [1.807, 2.05) is 6.20 Å². The Hall–Kier alpha value is -2.43. The number of hydrogen-bond donors (Lipinski definition) is 3. The summed E-state index contributed by atoms with van der Waals surface area (Å²) in [6.07, 6.45) is -1.15. The molecule has 0 unspecified atom stereocenters. The van der Waals surface area contributed by atoms with Crippen LogP contribution in [0.4, 0.5) is 19.1 Å². The molecule has 11 heteroatoms. The summed E-state index contributed by atoms with van der Waals surface area (Å²) in [4.78, 5) is 15.5. The summed E-state index contributed by atoms with van der Waals surface area (Å²) < 4.78 is 39.0. The van der Waals surface area contributed by atoms with Gasteiger partial charge in [-0.05, 0) is 5.56 Å². The molecule has 124 valence electrons. The normalized spacial score (nSPS) is 21.6. The fraction of sp³-hybridized carbons (Fsp3) is 0.500. The Morgan fingerprint density at radius 1 is 1.43 bits per heavy atom. The minimum absolute atomic E-state index is 0.107. The number of halogens is 3. The van der Waals surface area contributed by atoms with Crippen LogP contribution in [0.25, 0.3) is 0 Å². The molecule has 0 radical (unpaired) electrons. The first-order valence-corrected chi connectivity index (χ1v) is 6.84. The minimum atomic E-state index is -4.64. The van der Waals surface area contributed by atoms with Crippen LogP contribution in [-0.2, 0) is 18.0 Å². The number of hydrogen-bond acceptors (Lipinski definition) is 5. The van der Waals surface area contributed by atoms with Gasteiger partial charge >= 0.3 is 6.18 Å². The molecule has 0 saturated carbocycles. The third kappa shape index (κ3) is 3.18. The topological polar surface area (TPSA) is 101 Å². The van der Waals surface area contributed by atoms with E-state index in [-0.39, 0.29) is 11.9 Å². The summed E-state index contributed by atoms with van der Waals surface area (Å²) in [6, 6.07) is 0. The van der Waals surface area contributed by atoms with E-state index in [1.54, 1.807) is 23.0 Å². The second kappa shape index (κ2) is 5.65. The summed E-state index contributed by atoms with van der Waals surface area (Å²) >= 11 is 0. The number of anilines is 1. The van der Waals surface area contributed by atoms with Gasteiger partial charge in [-0.3, -0.25) is 19.9 Å². The second-order valence-corrected chi connectivity index (χ2v) is 5.31. The number of amides is 1. The van der Waals surface area contributed by atoms with E-state index in [2.05, 4.69) is 25.8 Å². The molecule has 1 aliphatic heterocycles. The van der Waals surface area contributed by atoms with Gasteiger partial charge < -0.3 is 5.32 Å². The molecule has 2 aromatic rings. The molecule has 3 heterocycles. The van der Waals surface area contributed by atoms with Gasteiger partial charge in [0.1, 0.15) is 0 Å². The molecule has 23 heavy (non-hydrogen) atoms. The van der Waals surface area contributed by atoms with Crippen molar-refractivity contribution in [1.82, 2.24) is 30.3 Å². The third-order valence-electron chi connectivity index (χ3n) is 3.69. The molecule has 1 aliphatic rings. The molecule has 1 amide bonds. The molecule has 2 atom stereocenters. The molecule has 0 spiro atoms. The van der Waals surface area contributed by atoms with E-state index < -0.39 is 23.8 Å². The summed E-state index contributed by atoms with van der Waals surface area (Å²) in [5.74, 6) is -2.62. The van der Waals surface area contributed by atoms with E-state index in [0.29, 0.717) is 13.1 Å². The van der Waals surface area contributed by atoms with E-state index in [9.17, 15) is 18.0 Å². The highest BCUT2D eigenvalue weighted by molar-refractivity contribution is 5.92. The first kappa shape index (κ1) is 15.5. The first-order valence-electron chi connectivity index (χ1n) is 6.84. The van der Waals surface area contributed by atoms with Crippen LogP contribution in [0.5, 0.6) is 0 Å².